The Kier molecular flexibility index (Phi) is 5.73. The standard InChI is InChI=1S/C18H23N3O3/c1-12(2)17-15(18(24)19-10-4-5-16(22)23)11-20-21(17)14-8-6-13(3)7-9-14/h6-9,11-12H,4-5,10H2,1-3H3,(H,19,24)(H,22,23). The summed E-state index contributed by atoms with van der Waals surface area (Å²) in [5.41, 5.74) is 3.44. The predicted octanol–water partition coefficient (Wildman–Crippen LogP) is 2.90. The number of carbonyl (C=O) groups excluding carboxylic acids is 1. The zero-order valence-corrected chi connectivity index (χ0v) is 14.2. The number of nitrogens with one attached hydrogen (secondary N) is 1. The Hall–Kier alpha value is -2.63. The first-order valence-corrected chi connectivity index (χ1v) is 8.05. The molecule has 1 aromatic carbocycles. The molecule has 0 saturated carbocycles. The third-order valence-electron chi connectivity index (χ3n) is 3.73. The highest BCUT2D eigenvalue weighted by molar-refractivity contribution is 5.95. The molecule has 0 aliphatic carbocycles. The Bertz CT molecular complexity index is 718. The van der Waals surface area contributed by atoms with Crippen LogP contribution in [0.3, 0.4) is 0 Å². The second kappa shape index (κ2) is 7.77. The monoisotopic (exact) mass is 329 g/mol. The van der Waals surface area contributed by atoms with E-state index in [1.165, 1.54) is 0 Å². The maximum atomic E-state index is 12.4. The molecule has 1 heterocycles. The normalized spacial score (nSPS) is 10.8. The molecule has 0 unspecified atom stereocenters. The van der Waals surface area contributed by atoms with Crippen molar-refractivity contribution in [2.45, 2.75) is 39.5 Å². The largest absolute Gasteiger partial charge is 0.481 e. The van der Waals surface area contributed by atoms with Crippen LogP contribution in [0.5, 0.6) is 0 Å². The molecule has 0 radical (unpaired) electrons. The van der Waals surface area contributed by atoms with Crippen LogP contribution in [0.2, 0.25) is 0 Å². The lowest BCUT2D eigenvalue weighted by atomic mass is 10.0. The summed E-state index contributed by atoms with van der Waals surface area (Å²) in [4.78, 5) is 22.9. The molecule has 6 heteroatoms. The Balaban J connectivity index is 2.20. The first-order valence-electron chi connectivity index (χ1n) is 8.05. The maximum absolute atomic E-state index is 12.4. The van der Waals surface area contributed by atoms with Crippen LogP contribution in [0.25, 0.3) is 5.69 Å². The quantitative estimate of drug-likeness (QED) is 0.765. The number of aliphatic carboxylic acids is 1. The van der Waals surface area contributed by atoms with Gasteiger partial charge in [0.25, 0.3) is 5.91 Å². The molecule has 2 rings (SSSR count). The summed E-state index contributed by atoms with van der Waals surface area (Å²) in [5, 5.41) is 15.8. The number of aromatic nitrogens is 2. The number of nitrogens with zero attached hydrogens (tertiary/aromatic N) is 2. The molecular weight excluding hydrogens is 306 g/mol. The van der Waals surface area contributed by atoms with Gasteiger partial charge in [-0.15, -0.1) is 0 Å². The van der Waals surface area contributed by atoms with Crippen molar-refractivity contribution in [1.29, 1.82) is 0 Å². The van der Waals surface area contributed by atoms with Gasteiger partial charge in [-0.05, 0) is 31.4 Å². The van der Waals surface area contributed by atoms with Gasteiger partial charge in [-0.1, -0.05) is 31.5 Å². The zero-order valence-electron chi connectivity index (χ0n) is 14.2. The van der Waals surface area contributed by atoms with E-state index in [1.807, 2.05) is 45.0 Å². The number of amides is 1. The van der Waals surface area contributed by atoms with Crippen LogP contribution in [0.1, 0.15) is 54.2 Å². The van der Waals surface area contributed by atoms with Gasteiger partial charge in [0.05, 0.1) is 23.1 Å². The van der Waals surface area contributed by atoms with E-state index in [2.05, 4.69) is 10.4 Å². The van der Waals surface area contributed by atoms with E-state index >= 15 is 0 Å². The molecule has 0 fully saturated rings. The predicted molar refractivity (Wildman–Crippen MR) is 91.6 cm³/mol. The lowest BCUT2D eigenvalue weighted by molar-refractivity contribution is -0.137. The maximum Gasteiger partial charge on any atom is 0.303 e. The molecule has 2 N–H and O–H groups in total. The topological polar surface area (TPSA) is 84.2 Å². The fourth-order valence-corrected chi connectivity index (χ4v) is 2.52. The second-order valence-electron chi connectivity index (χ2n) is 6.10. The van der Waals surface area contributed by atoms with E-state index in [4.69, 9.17) is 5.11 Å². The van der Waals surface area contributed by atoms with E-state index in [1.54, 1.807) is 10.9 Å². The summed E-state index contributed by atoms with van der Waals surface area (Å²) in [6.45, 7) is 6.39. The van der Waals surface area contributed by atoms with Gasteiger partial charge in [-0.3, -0.25) is 9.59 Å². The Morgan fingerprint density at radius 1 is 1.25 bits per heavy atom. The number of hydrogen-bond acceptors (Lipinski definition) is 3. The number of carboxylic acids is 1. The van der Waals surface area contributed by atoms with E-state index in [0.717, 1.165) is 16.9 Å². The van der Waals surface area contributed by atoms with Crippen molar-refractivity contribution in [1.82, 2.24) is 15.1 Å². The van der Waals surface area contributed by atoms with E-state index in [0.29, 0.717) is 18.5 Å². The molecular formula is C18H23N3O3. The summed E-state index contributed by atoms with van der Waals surface area (Å²) in [6.07, 6.45) is 2.02. The molecule has 0 spiro atoms. The van der Waals surface area contributed by atoms with Crippen molar-refractivity contribution in [3.8, 4) is 5.69 Å². The Morgan fingerprint density at radius 2 is 1.92 bits per heavy atom. The van der Waals surface area contributed by atoms with Crippen LogP contribution in [0.4, 0.5) is 0 Å². The van der Waals surface area contributed by atoms with Crippen LogP contribution in [-0.4, -0.2) is 33.3 Å². The van der Waals surface area contributed by atoms with Gasteiger partial charge in [-0.2, -0.15) is 5.10 Å². The van der Waals surface area contributed by atoms with Crippen LogP contribution in [0, 0.1) is 6.92 Å². The van der Waals surface area contributed by atoms with Gasteiger partial charge in [0.1, 0.15) is 0 Å². The van der Waals surface area contributed by atoms with Gasteiger partial charge in [0, 0.05) is 13.0 Å². The van der Waals surface area contributed by atoms with Gasteiger partial charge >= 0.3 is 5.97 Å². The SMILES string of the molecule is Cc1ccc(-n2ncc(C(=O)NCCCC(=O)O)c2C(C)C)cc1. The lowest BCUT2D eigenvalue weighted by Crippen LogP contribution is -2.26. The van der Waals surface area contributed by atoms with Gasteiger partial charge in [-0.25, -0.2) is 4.68 Å². The molecule has 0 aliphatic rings. The van der Waals surface area contributed by atoms with Crippen molar-refractivity contribution in [2.75, 3.05) is 6.54 Å². The molecule has 1 aromatic heterocycles. The number of carboxylic acid groups (broad SMARTS) is 1. The van der Waals surface area contributed by atoms with E-state index in [-0.39, 0.29) is 18.2 Å². The number of carbonyl (C=O) groups is 2. The zero-order chi connectivity index (χ0) is 17.7. The highest BCUT2D eigenvalue weighted by Crippen LogP contribution is 2.23. The number of aryl methyl sites for hydroxylation is 1. The molecule has 0 bridgehead atoms. The molecule has 1 amide bonds. The Morgan fingerprint density at radius 3 is 2.50 bits per heavy atom. The summed E-state index contributed by atoms with van der Waals surface area (Å²) in [5.74, 6) is -0.963. The minimum Gasteiger partial charge on any atom is -0.481 e. The van der Waals surface area contributed by atoms with Crippen molar-refractivity contribution < 1.29 is 14.7 Å². The summed E-state index contributed by atoms with van der Waals surface area (Å²) >= 11 is 0. The molecule has 6 nitrogen and oxygen atoms in total. The smallest absolute Gasteiger partial charge is 0.303 e. The molecule has 2 aromatic rings. The average molecular weight is 329 g/mol. The van der Waals surface area contributed by atoms with E-state index < -0.39 is 5.97 Å². The highest BCUT2D eigenvalue weighted by Gasteiger charge is 2.20. The van der Waals surface area contributed by atoms with Crippen molar-refractivity contribution >= 4 is 11.9 Å². The molecule has 128 valence electrons. The van der Waals surface area contributed by atoms with Crippen molar-refractivity contribution in [2.24, 2.45) is 0 Å². The summed E-state index contributed by atoms with van der Waals surface area (Å²) < 4.78 is 1.79. The minimum atomic E-state index is -0.862. The summed E-state index contributed by atoms with van der Waals surface area (Å²) in [7, 11) is 0. The average Bonchev–Trinajstić information content (AvgIpc) is 2.97. The molecule has 0 aliphatic heterocycles. The fraction of sp³-hybridized carbons (Fsp3) is 0.389. The van der Waals surface area contributed by atoms with Crippen LogP contribution < -0.4 is 5.32 Å². The third-order valence-corrected chi connectivity index (χ3v) is 3.73. The summed E-state index contributed by atoms with van der Waals surface area (Å²) in [6, 6.07) is 7.96. The van der Waals surface area contributed by atoms with Gasteiger partial charge < -0.3 is 10.4 Å². The van der Waals surface area contributed by atoms with Crippen molar-refractivity contribution in [3.63, 3.8) is 0 Å². The van der Waals surface area contributed by atoms with E-state index in [9.17, 15) is 9.59 Å². The molecule has 0 atom stereocenters. The van der Waals surface area contributed by atoms with Crippen LogP contribution in [-0.2, 0) is 4.79 Å². The fourth-order valence-electron chi connectivity index (χ4n) is 2.52. The van der Waals surface area contributed by atoms with Crippen molar-refractivity contribution in [3.05, 3.63) is 47.3 Å². The number of rotatable bonds is 7. The lowest BCUT2D eigenvalue weighted by Gasteiger charge is -2.13. The highest BCUT2D eigenvalue weighted by atomic mass is 16.4. The number of benzene rings is 1. The van der Waals surface area contributed by atoms with Gasteiger partial charge in [0.15, 0.2) is 0 Å². The van der Waals surface area contributed by atoms with Gasteiger partial charge in [0.2, 0.25) is 0 Å². The molecule has 0 saturated heterocycles. The second-order valence-corrected chi connectivity index (χ2v) is 6.10. The first-order chi connectivity index (χ1) is 11.4. The van der Waals surface area contributed by atoms with Crippen LogP contribution >= 0.6 is 0 Å². The number of hydrogen-bond donors (Lipinski definition) is 2. The molecule has 24 heavy (non-hydrogen) atoms. The Labute approximate surface area is 141 Å². The first kappa shape index (κ1) is 17.7. The minimum absolute atomic E-state index is 0.0416. The van der Waals surface area contributed by atoms with Crippen LogP contribution in [0.15, 0.2) is 30.5 Å². The third kappa shape index (κ3) is 4.22.